The molecule has 12 heavy (non-hydrogen) atoms. The number of nitrogen functional groups attached to an aromatic ring is 1. The smallest absolute Gasteiger partial charge is 0.108 e. The molecule has 0 unspecified atom stereocenters. The zero-order valence-electron chi connectivity index (χ0n) is 7.13. The van der Waals surface area contributed by atoms with E-state index in [0.717, 1.165) is 10.3 Å². The Morgan fingerprint density at radius 2 is 2.25 bits per heavy atom. The largest absolute Gasteiger partial charge is 0.397 e. The summed E-state index contributed by atoms with van der Waals surface area (Å²) in [5, 5.41) is 3.19. The maximum absolute atomic E-state index is 5.74. The monoisotopic (exact) mass is 229 g/mol. The van der Waals surface area contributed by atoms with Crippen molar-refractivity contribution in [1.29, 1.82) is 0 Å². The number of nitrogens with two attached hydrogens (primary N) is 1. The lowest BCUT2D eigenvalue weighted by atomic mass is 10.3. The Balaban J connectivity index is 2.86. The summed E-state index contributed by atoms with van der Waals surface area (Å²) in [5.41, 5.74) is 7.33. The molecule has 0 saturated heterocycles. The molecular weight excluding hydrogens is 218 g/mol. The topological polar surface area (TPSA) is 50.9 Å². The minimum Gasteiger partial charge on any atom is -0.397 e. The van der Waals surface area contributed by atoms with Gasteiger partial charge in [0.05, 0.1) is 17.6 Å². The molecule has 4 heteroatoms. The van der Waals surface area contributed by atoms with Gasteiger partial charge in [0.1, 0.15) is 4.60 Å². The van der Waals surface area contributed by atoms with Gasteiger partial charge in [-0.3, -0.25) is 0 Å². The SMILES string of the molecule is CC(C)Nc1cnc(Br)cc1N. The van der Waals surface area contributed by atoms with E-state index in [0.29, 0.717) is 11.7 Å². The van der Waals surface area contributed by atoms with Crippen molar-refractivity contribution < 1.29 is 0 Å². The fraction of sp³-hybridized carbons (Fsp3) is 0.375. The summed E-state index contributed by atoms with van der Waals surface area (Å²) in [7, 11) is 0. The number of rotatable bonds is 2. The molecule has 0 aliphatic heterocycles. The molecule has 0 radical (unpaired) electrons. The molecule has 0 atom stereocenters. The minimum absolute atomic E-state index is 0.371. The van der Waals surface area contributed by atoms with Crippen LogP contribution in [0.3, 0.4) is 0 Å². The van der Waals surface area contributed by atoms with Crippen LogP contribution in [0.4, 0.5) is 11.4 Å². The van der Waals surface area contributed by atoms with Crippen LogP contribution in [0.2, 0.25) is 0 Å². The Morgan fingerprint density at radius 1 is 1.58 bits per heavy atom. The van der Waals surface area contributed by atoms with Crippen molar-refractivity contribution in [3.05, 3.63) is 16.9 Å². The van der Waals surface area contributed by atoms with Crippen molar-refractivity contribution >= 4 is 27.3 Å². The highest BCUT2D eigenvalue weighted by molar-refractivity contribution is 9.10. The second kappa shape index (κ2) is 3.76. The van der Waals surface area contributed by atoms with Crippen LogP contribution < -0.4 is 11.1 Å². The molecule has 66 valence electrons. The van der Waals surface area contributed by atoms with Gasteiger partial charge in [-0.05, 0) is 35.8 Å². The van der Waals surface area contributed by atoms with E-state index in [1.54, 1.807) is 12.3 Å². The maximum atomic E-state index is 5.74. The van der Waals surface area contributed by atoms with Gasteiger partial charge in [0.25, 0.3) is 0 Å². The second-order valence-electron chi connectivity index (χ2n) is 2.89. The minimum atomic E-state index is 0.371. The molecule has 1 rings (SSSR count). The van der Waals surface area contributed by atoms with Crippen LogP contribution in [0.1, 0.15) is 13.8 Å². The van der Waals surface area contributed by atoms with E-state index in [-0.39, 0.29) is 0 Å². The van der Waals surface area contributed by atoms with Crippen molar-refractivity contribution in [2.75, 3.05) is 11.1 Å². The molecule has 1 heterocycles. The highest BCUT2D eigenvalue weighted by Crippen LogP contribution is 2.20. The lowest BCUT2D eigenvalue weighted by Crippen LogP contribution is -2.11. The average Bonchev–Trinajstić information content (AvgIpc) is 1.94. The quantitative estimate of drug-likeness (QED) is 0.766. The molecule has 1 aromatic rings. The number of nitrogens with zero attached hydrogens (tertiary/aromatic N) is 1. The van der Waals surface area contributed by atoms with Crippen LogP contribution in [0.5, 0.6) is 0 Å². The first-order chi connectivity index (χ1) is 5.59. The van der Waals surface area contributed by atoms with Gasteiger partial charge in [0, 0.05) is 6.04 Å². The molecule has 3 nitrogen and oxygen atoms in total. The number of nitrogens with one attached hydrogen (secondary N) is 1. The lowest BCUT2D eigenvalue weighted by Gasteiger charge is -2.11. The van der Waals surface area contributed by atoms with Crippen LogP contribution in [0.25, 0.3) is 0 Å². The standard InChI is InChI=1S/C8H12BrN3/c1-5(2)12-7-4-11-8(9)3-6(7)10/h3-5,12H,1-2H3,(H2,10,11). The van der Waals surface area contributed by atoms with Crippen molar-refractivity contribution in [3.8, 4) is 0 Å². The summed E-state index contributed by atoms with van der Waals surface area (Å²) in [6.07, 6.45) is 1.72. The third-order valence-corrected chi connectivity index (χ3v) is 1.78. The molecular formula is C8H12BrN3. The van der Waals surface area contributed by atoms with Gasteiger partial charge in [-0.15, -0.1) is 0 Å². The number of anilines is 2. The van der Waals surface area contributed by atoms with Gasteiger partial charge >= 0.3 is 0 Å². The van der Waals surface area contributed by atoms with Crippen molar-refractivity contribution in [2.45, 2.75) is 19.9 Å². The maximum Gasteiger partial charge on any atom is 0.108 e. The Labute approximate surface area is 80.5 Å². The highest BCUT2D eigenvalue weighted by atomic mass is 79.9. The molecule has 3 N–H and O–H groups in total. The fourth-order valence-electron chi connectivity index (χ4n) is 0.876. The van der Waals surface area contributed by atoms with Gasteiger partial charge in [-0.1, -0.05) is 0 Å². The van der Waals surface area contributed by atoms with Crippen LogP contribution in [0.15, 0.2) is 16.9 Å². The third kappa shape index (κ3) is 2.37. The van der Waals surface area contributed by atoms with Crippen molar-refractivity contribution in [2.24, 2.45) is 0 Å². The van der Waals surface area contributed by atoms with E-state index in [9.17, 15) is 0 Å². The van der Waals surface area contributed by atoms with Crippen molar-refractivity contribution in [3.63, 3.8) is 0 Å². The second-order valence-corrected chi connectivity index (χ2v) is 3.71. The number of hydrogen-bond acceptors (Lipinski definition) is 3. The van der Waals surface area contributed by atoms with Crippen LogP contribution in [0, 0.1) is 0 Å². The summed E-state index contributed by atoms with van der Waals surface area (Å²) in [6, 6.07) is 2.15. The van der Waals surface area contributed by atoms with Crippen LogP contribution in [-0.4, -0.2) is 11.0 Å². The van der Waals surface area contributed by atoms with Gasteiger partial charge in [0.2, 0.25) is 0 Å². The highest BCUT2D eigenvalue weighted by Gasteiger charge is 2.00. The molecule has 0 saturated carbocycles. The summed E-state index contributed by atoms with van der Waals surface area (Å²) in [5.74, 6) is 0. The Kier molecular flexibility index (Phi) is 2.92. The van der Waals surface area contributed by atoms with Crippen LogP contribution in [-0.2, 0) is 0 Å². The fourth-order valence-corrected chi connectivity index (χ4v) is 1.22. The normalized spacial score (nSPS) is 10.3. The van der Waals surface area contributed by atoms with E-state index >= 15 is 0 Å². The molecule has 0 aromatic carbocycles. The lowest BCUT2D eigenvalue weighted by molar-refractivity contribution is 0.898. The Bertz CT molecular complexity index is 273. The summed E-state index contributed by atoms with van der Waals surface area (Å²) >= 11 is 3.24. The summed E-state index contributed by atoms with van der Waals surface area (Å²) < 4.78 is 0.759. The number of hydrogen-bond donors (Lipinski definition) is 2. The molecule has 0 fully saturated rings. The molecule has 0 bridgehead atoms. The predicted octanol–water partition coefficient (Wildman–Crippen LogP) is 2.25. The van der Waals surface area contributed by atoms with Gasteiger partial charge in [-0.25, -0.2) is 4.98 Å². The van der Waals surface area contributed by atoms with Gasteiger partial charge in [0.15, 0.2) is 0 Å². The molecule has 1 aromatic heterocycles. The zero-order valence-corrected chi connectivity index (χ0v) is 8.72. The zero-order chi connectivity index (χ0) is 9.14. The van der Waals surface area contributed by atoms with E-state index < -0.39 is 0 Å². The van der Waals surface area contributed by atoms with Gasteiger partial charge in [-0.2, -0.15) is 0 Å². The van der Waals surface area contributed by atoms with E-state index in [1.165, 1.54) is 0 Å². The third-order valence-electron chi connectivity index (χ3n) is 1.35. The molecule has 0 aliphatic carbocycles. The average molecular weight is 230 g/mol. The number of halogens is 1. The predicted molar refractivity (Wildman–Crippen MR) is 55.1 cm³/mol. The van der Waals surface area contributed by atoms with Crippen LogP contribution >= 0.6 is 15.9 Å². The van der Waals surface area contributed by atoms with E-state index in [2.05, 4.69) is 40.1 Å². The summed E-state index contributed by atoms with van der Waals surface area (Å²) in [6.45, 7) is 4.11. The Morgan fingerprint density at radius 3 is 2.75 bits per heavy atom. The van der Waals surface area contributed by atoms with E-state index in [4.69, 9.17) is 5.73 Å². The summed E-state index contributed by atoms with van der Waals surface area (Å²) in [4.78, 5) is 4.07. The Hall–Kier alpha value is -0.770. The molecule has 0 aliphatic rings. The first kappa shape index (κ1) is 9.32. The van der Waals surface area contributed by atoms with Crippen molar-refractivity contribution in [1.82, 2.24) is 4.98 Å². The number of pyridine rings is 1. The number of aromatic nitrogens is 1. The van der Waals surface area contributed by atoms with Gasteiger partial charge < -0.3 is 11.1 Å². The molecule has 0 amide bonds. The molecule has 0 spiro atoms. The first-order valence-corrected chi connectivity index (χ1v) is 4.56. The van der Waals surface area contributed by atoms with E-state index in [1.807, 2.05) is 0 Å². The first-order valence-electron chi connectivity index (χ1n) is 3.77.